The zero-order chi connectivity index (χ0) is 12.1. The molecule has 106 valence electrons. The summed E-state index contributed by atoms with van der Waals surface area (Å²) in [6.45, 7) is 2.44. The number of hydrogen-bond acceptors (Lipinski definition) is 3. The number of aliphatic imine (C=N–C) groups is 1. The molecule has 1 heterocycles. The van der Waals surface area contributed by atoms with E-state index in [1.807, 2.05) is 11.8 Å². The van der Waals surface area contributed by atoms with Gasteiger partial charge in [0.1, 0.15) is 0 Å². The highest BCUT2D eigenvalue weighted by molar-refractivity contribution is 14.0. The Labute approximate surface area is 131 Å². The Balaban J connectivity index is 0.00000162. The third-order valence-corrected chi connectivity index (χ3v) is 4.60. The molecule has 1 aliphatic carbocycles. The predicted octanol–water partition coefficient (Wildman–Crippen LogP) is 1.66. The fraction of sp³-hybridized carbons (Fsp3) is 0.917. The lowest BCUT2D eigenvalue weighted by Gasteiger charge is -2.32. The molecule has 1 saturated carbocycles. The molecule has 0 atom stereocenters. The van der Waals surface area contributed by atoms with Gasteiger partial charge in [0.05, 0.1) is 12.1 Å². The average molecular weight is 385 g/mol. The summed E-state index contributed by atoms with van der Waals surface area (Å²) in [6, 6.07) is 0. The fourth-order valence-electron chi connectivity index (χ4n) is 2.49. The first-order chi connectivity index (χ1) is 8.20. The van der Waals surface area contributed by atoms with Crippen LogP contribution >= 0.6 is 35.7 Å². The van der Waals surface area contributed by atoms with Crippen molar-refractivity contribution in [3.05, 3.63) is 0 Å². The summed E-state index contributed by atoms with van der Waals surface area (Å²) < 4.78 is 0. The Kier molecular flexibility index (Phi) is 7.08. The third-order valence-electron chi connectivity index (χ3n) is 3.65. The van der Waals surface area contributed by atoms with Crippen molar-refractivity contribution in [3.8, 4) is 0 Å². The molecule has 1 aliphatic heterocycles. The van der Waals surface area contributed by atoms with Crippen molar-refractivity contribution in [2.45, 2.75) is 37.7 Å². The van der Waals surface area contributed by atoms with Crippen LogP contribution in [0.4, 0.5) is 0 Å². The van der Waals surface area contributed by atoms with E-state index in [0.29, 0.717) is 12.5 Å². The van der Waals surface area contributed by atoms with Crippen LogP contribution in [0.1, 0.15) is 32.1 Å². The van der Waals surface area contributed by atoms with Crippen molar-refractivity contribution in [1.29, 1.82) is 0 Å². The number of thioether (sulfide) groups is 1. The van der Waals surface area contributed by atoms with Crippen LogP contribution in [0, 0.1) is 0 Å². The van der Waals surface area contributed by atoms with Gasteiger partial charge in [0.2, 0.25) is 0 Å². The summed E-state index contributed by atoms with van der Waals surface area (Å²) in [7, 11) is 0. The van der Waals surface area contributed by atoms with Crippen LogP contribution in [-0.4, -0.2) is 52.7 Å². The fourth-order valence-corrected chi connectivity index (χ4v) is 3.39. The van der Waals surface area contributed by atoms with E-state index in [-0.39, 0.29) is 24.0 Å². The third kappa shape index (κ3) is 4.77. The first-order valence-electron chi connectivity index (χ1n) is 6.55. The second-order valence-electron chi connectivity index (χ2n) is 5.06. The molecule has 0 unspecified atom stereocenters. The van der Waals surface area contributed by atoms with Crippen molar-refractivity contribution in [2.75, 3.05) is 31.1 Å². The SMILES string of the molecule is I.NC(=NCC1(O)CCCCC1)N1CCSCC1. The van der Waals surface area contributed by atoms with Crippen LogP contribution in [0.2, 0.25) is 0 Å². The number of rotatable bonds is 2. The Hall–Kier alpha value is 0.310. The van der Waals surface area contributed by atoms with Crippen LogP contribution < -0.4 is 5.73 Å². The highest BCUT2D eigenvalue weighted by Gasteiger charge is 2.29. The molecule has 0 spiro atoms. The van der Waals surface area contributed by atoms with Gasteiger partial charge in [-0.05, 0) is 12.8 Å². The molecule has 0 aromatic rings. The normalized spacial score (nSPS) is 24.5. The van der Waals surface area contributed by atoms with Crippen LogP contribution in [0.25, 0.3) is 0 Å². The monoisotopic (exact) mass is 385 g/mol. The van der Waals surface area contributed by atoms with Crippen molar-refractivity contribution >= 4 is 41.7 Å². The molecule has 6 heteroatoms. The molecule has 2 fully saturated rings. The second-order valence-corrected chi connectivity index (χ2v) is 6.28. The zero-order valence-electron chi connectivity index (χ0n) is 10.8. The van der Waals surface area contributed by atoms with E-state index in [1.165, 1.54) is 6.42 Å². The van der Waals surface area contributed by atoms with Crippen molar-refractivity contribution in [3.63, 3.8) is 0 Å². The Bertz CT molecular complexity index is 276. The number of hydrogen-bond donors (Lipinski definition) is 2. The minimum absolute atomic E-state index is 0. The molecule has 0 aromatic heterocycles. The molecule has 0 aromatic carbocycles. The van der Waals surface area contributed by atoms with E-state index in [9.17, 15) is 5.11 Å². The van der Waals surface area contributed by atoms with Crippen molar-refractivity contribution < 1.29 is 5.11 Å². The number of nitrogens with zero attached hydrogens (tertiary/aromatic N) is 2. The molecule has 2 aliphatic rings. The van der Waals surface area contributed by atoms with Gasteiger partial charge >= 0.3 is 0 Å². The van der Waals surface area contributed by atoms with Crippen LogP contribution in [-0.2, 0) is 0 Å². The van der Waals surface area contributed by atoms with Gasteiger partial charge in [-0.25, -0.2) is 0 Å². The van der Waals surface area contributed by atoms with Crippen molar-refractivity contribution in [2.24, 2.45) is 10.7 Å². The van der Waals surface area contributed by atoms with Gasteiger partial charge in [0, 0.05) is 24.6 Å². The van der Waals surface area contributed by atoms with Gasteiger partial charge in [-0.2, -0.15) is 11.8 Å². The molecule has 0 radical (unpaired) electrons. The largest absolute Gasteiger partial charge is 0.388 e. The highest BCUT2D eigenvalue weighted by Crippen LogP contribution is 2.28. The molecule has 3 N–H and O–H groups in total. The standard InChI is InChI=1S/C12H23N3OS.HI/c13-11(15-6-8-17-9-7-15)14-10-12(16)4-2-1-3-5-12;/h16H,1-10H2,(H2,13,14);1H. The summed E-state index contributed by atoms with van der Waals surface area (Å²) in [4.78, 5) is 6.53. The first-order valence-corrected chi connectivity index (χ1v) is 7.70. The summed E-state index contributed by atoms with van der Waals surface area (Å²) >= 11 is 1.96. The Morgan fingerprint density at radius 1 is 1.22 bits per heavy atom. The topological polar surface area (TPSA) is 61.9 Å². The quantitative estimate of drug-likeness (QED) is 0.431. The number of guanidine groups is 1. The molecular formula is C12H24IN3OS. The zero-order valence-corrected chi connectivity index (χ0v) is 14.0. The maximum Gasteiger partial charge on any atom is 0.191 e. The van der Waals surface area contributed by atoms with E-state index < -0.39 is 5.60 Å². The molecule has 0 bridgehead atoms. The summed E-state index contributed by atoms with van der Waals surface area (Å²) in [6.07, 6.45) is 5.22. The van der Waals surface area contributed by atoms with Gasteiger partial charge < -0.3 is 15.7 Å². The van der Waals surface area contributed by atoms with Crippen molar-refractivity contribution in [1.82, 2.24) is 4.90 Å². The van der Waals surface area contributed by atoms with Crippen LogP contribution in [0.5, 0.6) is 0 Å². The number of aliphatic hydroxyl groups is 1. The molecule has 4 nitrogen and oxygen atoms in total. The molecule has 1 saturated heterocycles. The number of halogens is 1. The minimum Gasteiger partial charge on any atom is -0.388 e. The number of nitrogens with two attached hydrogens (primary N) is 1. The molecular weight excluding hydrogens is 361 g/mol. The van der Waals surface area contributed by atoms with Gasteiger partial charge in [-0.3, -0.25) is 4.99 Å². The summed E-state index contributed by atoms with van der Waals surface area (Å²) in [5, 5.41) is 10.3. The molecule has 0 amide bonds. The van der Waals surface area contributed by atoms with Gasteiger partial charge in [-0.15, -0.1) is 24.0 Å². The lowest BCUT2D eigenvalue weighted by Crippen LogP contribution is -2.44. The van der Waals surface area contributed by atoms with Gasteiger partial charge in [0.25, 0.3) is 0 Å². The maximum atomic E-state index is 10.3. The smallest absolute Gasteiger partial charge is 0.191 e. The first kappa shape index (κ1) is 16.4. The van der Waals surface area contributed by atoms with E-state index in [2.05, 4.69) is 9.89 Å². The van der Waals surface area contributed by atoms with E-state index in [4.69, 9.17) is 5.73 Å². The van der Waals surface area contributed by atoms with Gasteiger partial charge in [-0.1, -0.05) is 19.3 Å². The van der Waals surface area contributed by atoms with E-state index in [0.717, 1.165) is 50.3 Å². The lowest BCUT2D eigenvalue weighted by molar-refractivity contribution is 0.0130. The second kappa shape index (κ2) is 7.79. The Morgan fingerprint density at radius 2 is 1.83 bits per heavy atom. The maximum absolute atomic E-state index is 10.3. The lowest BCUT2D eigenvalue weighted by atomic mass is 9.85. The van der Waals surface area contributed by atoms with Crippen LogP contribution in [0.15, 0.2) is 4.99 Å². The summed E-state index contributed by atoms with van der Waals surface area (Å²) in [5.74, 6) is 2.87. The average Bonchev–Trinajstić information content (AvgIpc) is 2.38. The van der Waals surface area contributed by atoms with E-state index >= 15 is 0 Å². The predicted molar refractivity (Wildman–Crippen MR) is 88.8 cm³/mol. The minimum atomic E-state index is -0.590. The Morgan fingerprint density at radius 3 is 2.44 bits per heavy atom. The van der Waals surface area contributed by atoms with Gasteiger partial charge in [0.15, 0.2) is 5.96 Å². The highest BCUT2D eigenvalue weighted by atomic mass is 127. The van der Waals surface area contributed by atoms with E-state index in [1.54, 1.807) is 0 Å². The molecule has 18 heavy (non-hydrogen) atoms. The molecule has 2 rings (SSSR count). The van der Waals surface area contributed by atoms with Crippen LogP contribution in [0.3, 0.4) is 0 Å². The summed E-state index contributed by atoms with van der Waals surface area (Å²) in [5.41, 5.74) is 5.39.